The van der Waals surface area contributed by atoms with E-state index in [-0.39, 0.29) is 48.6 Å². The summed E-state index contributed by atoms with van der Waals surface area (Å²) >= 11 is 0. The summed E-state index contributed by atoms with van der Waals surface area (Å²) < 4.78 is 12.3. The van der Waals surface area contributed by atoms with Crippen LogP contribution in [0.3, 0.4) is 0 Å². The molecule has 2 atom stereocenters. The molecular formula is C31H42N4O6Si. The molecule has 226 valence electrons. The molecule has 1 aliphatic rings. The molecule has 2 aromatic rings. The normalized spacial score (nSPS) is 16.6. The molecule has 0 aliphatic carbocycles. The van der Waals surface area contributed by atoms with Gasteiger partial charge in [0, 0.05) is 6.54 Å². The van der Waals surface area contributed by atoms with E-state index < -0.39 is 20.4 Å². The standard InChI is InChI=1S/C31H42N4O6Si/c1-31(2,3)42(4,5)35-26(20-36)25(27(35)37)18-12-13-19-32-28(33-29(38)40-21-23-14-8-6-9-15-23)34-30(39)41-22-24-16-10-7-11-17-24/h6-11,14-17,20,25-26H,12-13,18-19,21-22H2,1-5H3,(H2,32,33,34,38,39)/t25-,26-/m1/s1. The number of benzene rings is 2. The van der Waals surface area contributed by atoms with Crippen LogP contribution in [0, 0.1) is 5.92 Å². The number of hydrogen-bond donors (Lipinski definition) is 2. The van der Waals surface area contributed by atoms with Gasteiger partial charge in [-0.2, -0.15) is 0 Å². The molecule has 0 unspecified atom stereocenters. The Kier molecular flexibility index (Phi) is 11.4. The highest BCUT2D eigenvalue weighted by atomic mass is 28.3. The number of nitrogens with one attached hydrogen (secondary N) is 2. The lowest BCUT2D eigenvalue weighted by Crippen LogP contribution is -2.73. The van der Waals surface area contributed by atoms with E-state index in [9.17, 15) is 19.2 Å². The van der Waals surface area contributed by atoms with Crippen molar-refractivity contribution in [3.05, 3.63) is 71.8 Å². The van der Waals surface area contributed by atoms with Crippen molar-refractivity contribution in [2.75, 3.05) is 6.54 Å². The van der Waals surface area contributed by atoms with Gasteiger partial charge < -0.3 is 18.8 Å². The Morgan fingerprint density at radius 1 is 0.905 bits per heavy atom. The maximum absolute atomic E-state index is 13.0. The quantitative estimate of drug-likeness (QED) is 0.0896. The first-order chi connectivity index (χ1) is 19.9. The number of alkyl carbamates (subject to hydrolysis) is 2. The van der Waals surface area contributed by atoms with Gasteiger partial charge in [-0.25, -0.2) is 9.59 Å². The smallest absolute Gasteiger partial charge is 0.414 e. The maximum Gasteiger partial charge on any atom is 0.414 e. The predicted molar refractivity (Wildman–Crippen MR) is 163 cm³/mol. The molecule has 3 amide bonds. The van der Waals surface area contributed by atoms with Gasteiger partial charge in [0.15, 0.2) is 8.24 Å². The number of unbranched alkanes of at least 4 members (excludes halogenated alkanes) is 1. The summed E-state index contributed by atoms with van der Waals surface area (Å²) in [5, 5.41) is 4.89. The minimum atomic E-state index is -2.14. The lowest BCUT2D eigenvalue weighted by Gasteiger charge is -2.56. The van der Waals surface area contributed by atoms with E-state index in [0.29, 0.717) is 19.3 Å². The Balaban J connectivity index is 1.54. The molecule has 2 aromatic carbocycles. The summed E-state index contributed by atoms with van der Waals surface area (Å²) in [6.07, 6.45) is 1.15. The molecule has 0 saturated carbocycles. The number of amides is 3. The van der Waals surface area contributed by atoms with Gasteiger partial charge in [0.2, 0.25) is 11.9 Å². The minimum Gasteiger partial charge on any atom is -0.444 e. The molecule has 1 heterocycles. The fourth-order valence-corrected chi connectivity index (χ4v) is 6.94. The number of β-lactam (4-membered cyclic amide) rings is 1. The SMILES string of the molecule is CC(C)(C)[Si](C)(C)N1C(=O)[C@H](CCCCN=C(NC(=O)OCc2ccccc2)NC(=O)OCc2ccccc2)[C@H]1C=O. The van der Waals surface area contributed by atoms with Gasteiger partial charge in [-0.1, -0.05) is 101 Å². The van der Waals surface area contributed by atoms with Crippen molar-refractivity contribution >= 4 is 38.6 Å². The average molecular weight is 595 g/mol. The van der Waals surface area contributed by atoms with Crippen molar-refractivity contribution in [1.82, 2.24) is 15.2 Å². The molecule has 42 heavy (non-hydrogen) atoms. The van der Waals surface area contributed by atoms with Gasteiger partial charge in [0.25, 0.3) is 0 Å². The van der Waals surface area contributed by atoms with Crippen LogP contribution in [0.15, 0.2) is 65.7 Å². The number of rotatable bonds is 11. The van der Waals surface area contributed by atoms with Gasteiger partial charge in [0.1, 0.15) is 19.5 Å². The van der Waals surface area contributed by atoms with Gasteiger partial charge in [-0.15, -0.1) is 0 Å². The molecule has 1 aliphatic heterocycles. The van der Waals surface area contributed by atoms with Crippen LogP contribution >= 0.6 is 0 Å². The number of carbonyl (C=O) groups is 4. The number of aldehydes is 1. The Bertz CT molecular complexity index is 1190. The number of hydrogen-bond acceptors (Lipinski definition) is 7. The van der Waals surface area contributed by atoms with Crippen LogP contribution < -0.4 is 10.6 Å². The molecule has 11 heteroatoms. The molecule has 0 spiro atoms. The Morgan fingerprint density at radius 2 is 1.40 bits per heavy atom. The molecule has 3 rings (SSSR count). The number of carbonyl (C=O) groups excluding carboxylic acids is 4. The second kappa shape index (κ2) is 14.8. The number of nitrogens with zero attached hydrogens (tertiary/aromatic N) is 2. The van der Waals surface area contributed by atoms with Crippen LogP contribution in [0.1, 0.15) is 51.2 Å². The van der Waals surface area contributed by atoms with E-state index in [0.717, 1.165) is 17.4 Å². The topological polar surface area (TPSA) is 126 Å². The van der Waals surface area contributed by atoms with Crippen LogP contribution in [0.5, 0.6) is 0 Å². The third kappa shape index (κ3) is 8.75. The first-order valence-electron chi connectivity index (χ1n) is 14.2. The fourth-order valence-electron chi connectivity index (χ4n) is 4.52. The highest BCUT2D eigenvalue weighted by Crippen LogP contribution is 2.45. The third-order valence-corrected chi connectivity index (χ3v) is 13.3. The highest BCUT2D eigenvalue weighted by molar-refractivity contribution is 6.80. The second-order valence-corrected chi connectivity index (χ2v) is 16.9. The van der Waals surface area contributed by atoms with E-state index in [2.05, 4.69) is 49.5 Å². The zero-order valence-corrected chi connectivity index (χ0v) is 26.1. The Hall–Kier alpha value is -3.99. The van der Waals surface area contributed by atoms with E-state index >= 15 is 0 Å². The second-order valence-electron chi connectivity index (χ2n) is 11.8. The van der Waals surface area contributed by atoms with Crippen LogP contribution in [-0.4, -0.2) is 55.7 Å². The largest absolute Gasteiger partial charge is 0.444 e. The number of ether oxygens (including phenoxy) is 2. The monoisotopic (exact) mass is 594 g/mol. The lowest BCUT2D eigenvalue weighted by atomic mass is 9.86. The fraction of sp³-hybridized carbons (Fsp3) is 0.452. The van der Waals surface area contributed by atoms with Crippen molar-refractivity contribution in [3.63, 3.8) is 0 Å². The van der Waals surface area contributed by atoms with E-state index in [1.54, 1.807) is 0 Å². The van der Waals surface area contributed by atoms with Crippen LogP contribution in [0.4, 0.5) is 9.59 Å². The first-order valence-corrected chi connectivity index (χ1v) is 17.2. The van der Waals surface area contributed by atoms with Crippen molar-refractivity contribution in [2.24, 2.45) is 10.9 Å². The van der Waals surface area contributed by atoms with Gasteiger partial charge in [-0.05, 0) is 29.0 Å². The third-order valence-electron chi connectivity index (χ3n) is 7.90. The van der Waals surface area contributed by atoms with Crippen molar-refractivity contribution < 1.29 is 28.7 Å². The molecule has 1 fully saturated rings. The van der Waals surface area contributed by atoms with Crippen molar-refractivity contribution in [1.29, 1.82) is 0 Å². The van der Waals surface area contributed by atoms with Crippen LogP contribution in [-0.2, 0) is 32.3 Å². The van der Waals surface area contributed by atoms with Crippen molar-refractivity contribution in [2.45, 2.75) is 77.4 Å². The molecule has 2 N–H and O–H groups in total. The summed E-state index contributed by atoms with van der Waals surface area (Å²) in [5.41, 5.74) is 1.63. The lowest BCUT2D eigenvalue weighted by molar-refractivity contribution is -0.151. The van der Waals surface area contributed by atoms with E-state index in [1.165, 1.54) is 0 Å². The van der Waals surface area contributed by atoms with E-state index in [4.69, 9.17) is 9.47 Å². The molecule has 0 bridgehead atoms. The number of guanidine groups is 1. The first kappa shape index (κ1) is 32.5. The molecule has 0 aromatic heterocycles. The minimum absolute atomic E-state index is 0.0496. The van der Waals surface area contributed by atoms with Crippen molar-refractivity contribution in [3.8, 4) is 0 Å². The predicted octanol–water partition coefficient (Wildman–Crippen LogP) is 5.40. The Morgan fingerprint density at radius 3 is 1.86 bits per heavy atom. The van der Waals surface area contributed by atoms with Gasteiger partial charge >= 0.3 is 12.2 Å². The number of aliphatic imine (C=N–C) groups is 1. The molecule has 1 saturated heterocycles. The highest BCUT2D eigenvalue weighted by Gasteiger charge is 2.56. The van der Waals surface area contributed by atoms with Gasteiger partial charge in [-0.3, -0.25) is 20.4 Å². The molecule has 10 nitrogen and oxygen atoms in total. The summed E-state index contributed by atoms with van der Waals surface area (Å²) in [6.45, 7) is 11.0. The zero-order chi connectivity index (χ0) is 30.8. The van der Waals surface area contributed by atoms with Crippen LogP contribution in [0.25, 0.3) is 0 Å². The summed E-state index contributed by atoms with van der Waals surface area (Å²) in [6, 6.07) is 18.0. The van der Waals surface area contributed by atoms with Gasteiger partial charge in [0.05, 0.1) is 12.0 Å². The summed E-state index contributed by atoms with van der Waals surface area (Å²) in [7, 11) is -2.14. The molecule has 0 radical (unpaired) electrons. The molecular weight excluding hydrogens is 552 g/mol. The average Bonchev–Trinajstić information content (AvgIpc) is 2.95. The summed E-state index contributed by atoms with van der Waals surface area (Å²) in [5.74, 6) is -0.369. The zero-order valence-electron chi connectivity index (χ0n) is 25.1. The maximum atomic E-state index is 13.0. The summed E-state index contributed by atoms with van der Waals surface area (Å²) in [4.78, 5) is 54.1. The van der Waals surface area contributed by atoms with E-state index in [1.807, 2.05) is 65.2 Å². The Labute approximate surface area is 249 Å². The van der Waals surface area contributed by atoms with Crippen LogP contribution in [0.2, 0.25) is 18.1 Å².